The van der Waals surface area contributed by atoms with E-state index in [4.69, 9.17) is 11.6 Å². The quantitative estimate of drug-likeness (QED) is 0.783. The Kier molecular flexibility index (Phi) is 3.66. The normalized spacial score (nSPS) is 24.6. The van der Waals surface area contributed by atoms with Crippen LogP contribution in [0.2, 0.25) is 5.02 Å². The minimum atomic E-state index is -0.583. The summed E-state index contributed by atoms with van der Waals surface area (Å²) >= 11 is 5.71. The molecule has 1 heterocycles. The van der Waals surface area contributed by atoms with Crippen LogP contribution in [0, 0.1) is 17.7 Å². The molecule has 1 aromatic rings. The molecule has 3 rings (SSSR count). The highest BCUT2D eigenvalue weighted by atomic mass is 35.5. The van der Waals surface area contributed by atoms with Gasteiger partial charge in [0.05, 0.1) is 10.7 Å². The van der Waals surface area contributed by atoms with Crippen LogP contribution < -0.4 is 5.32 Å². The number of anilines is 1. The van der Waals surface area contributed by atoms with E-state index in [0.717, 1.165) is 25.9 Å². The largest absolute Gasteiger partial charge is 0.324 e. The third-order valence-electron chi connectivity index (χ3n) is 4.10. The Morgan fingerprint density at radius 1 is 1.25 bits per heavy atom. The van der Waals surface area contributed by atoms with Gasteiger partial charge in [0.25, 0.3) is 0 Å². The van der Waals surface area contributed by atoms with E-state index in [1.807, 2.05) is 0 Å². The summed E-state index contributed by atoms with van der Waals surface area (Å²) in [6, 6.07) is 4.35. The second-order valence-electron chi connectivity index (χ2n) is 5.40. The Morgan fingerprint density at radius 3 is 2.55 bits per heavy atom. The molecule has 3 nitrogen and oxygen atoms in total. The van der Waals surface area contributed by atoms with Crippen LogP contribution in [0.4, 0.5) is 14.9 Å². The first kappa shape index (κ1) is 13.4. The highest BCUT2D eigenvalue weighted by molar-refractivity contribution is 6.31. The Hall–Kier alpha value is -1.55. The average Bonchev–Trinajstić information content (AvgIpc) is 2.88. The maximum atomic E-state index is 13.8. The van der Waals surface area contributed by atoms with Gasteiger partial charge in [-0.25, -0.2) is 9.18 Å². The highest BCUT2D eigenvalue weighted by Gasteiger charge is 2.35. The van der Waals surface area contributed by atoms with Gasteiger partial charge in [-0.2, -0.15) is 0 Å². The number of likely N-dealkylation sites (tertiary alicyclic amines) is 1. The van der Waals surface area contributed by atoms with Gasteiger partial charge in [0.2, 0.25) is 0 Å². The van der Waals surface area contributed by atoms with Crippen molar-refractivity contribution >= 4 is 23.3 Å². The van der Waals surface area contributed by atoms with E-state index in [9.17, 15) is 9.18 Å². The van der Waals surface area contributed by atoms with Crippen molar-refractivity contribution in [2.24, 2.45) is 11.8 Å². The number of carbonyl (C=O) groups is 1. The first-order valence-electron chi connectivity index (χ1n) is 6.80. The van der Waals surface area contributed by atoms with Crippen molar-refractivity contribution < 1.29 is 9.18 Å². The number of fused-ring (bicyclic) bond motifs is 1. The first-order chi connectivity index (χ1) is 9.65. The van der Waals surface area contributed by atoms with Gasteiger partial charge in [0, 0.05) is 13.1 Å². The van der Waals surface area contributed by atoms with E-state index < -0.39 is 5.82 Å². The lowest BCUT2D eigenvalue weighted by Gasteiger charge is -2.17. The third-order valence-corrected chi connectivity index (χ3v) is 4.39. The predicted molar refractivity (Wildman–Crippen MR) is 77.4 cm³/mol. The minimum Gasteiger partial charge on any atom is -0.324 e. The number of rotatable bonds is 1. The zero-order chi connectivity index (χ0) is 14.1. The SMILES string of the molecule is O=C(Nc1cccc(Cl)c1F)N1C[C@H]2CC=CC[C@H]2C1. The van der Waals surface area contributed by atoms with E-state index in [1.54, 1.807) is 11.0 Å². The van der Waals surface area contributed by atoms with Gasteiger partial charge in [-0.15, -0.1) is 0 Å². The molecule has 2 amide bonds. The summed E-state index contributed by atoms with van der Waals surface area (Å²) in [5, 5.41) is 2.63. The van der Waals surface area contributed by atoms with Gasteiger partial charge in [0.1, 0.15) is 0 Å². The van der Waals surface area contributed by atoms with Crippen molar-refractivity contribution in [1.82, 2.24) is 4.90 Å². The van der Waals surface area contributed by atoms with E-state index in [2.05, 4.69) is 17.5 Å². The molecule has 106 valence electrons. The molecule has 2 aliphatic rings. The topological polar surface area (TPSA) is 32.3 Å². The zero-order valence-electron chi connectivity index (χ0n) is 11.0. The van der Waals surface area contributed by atoms with Gasteiger partial charge < -0.3 is 10.2 Å². The van der Waals surface area contributed by atoms with Crippen LogP contribution in [-0.2, 0) is 0 Å². The third kappa shape index (κ3) is 2.52. The number of carbonyl (C=O) groups excluding carboxylic acids is 1. The lowest BCUT2D eigenvalue weighted by Crippen LogP contribution is -2.33. The summed E-state index contributed by atoms with van der Waals surface area (Å²) < 4.78 is 13.8. The predicted octanol–water partition coefficient (Wildman–Crippen LogP) is 3.91. The van der Waals surface area contributed by atoms with Crippen LogP contribution in [0.25, 0.3) is 0 Å². The number of allylic oxidation sites excluding steroid dienone is 2. The van der Waals surface area contributed by atoms with Crippen molar-refractivity contribution in [2.75, 3.05) is 18.4 Å². The van der Waals surface area contributed by atoms with E-state index in [0.29, 0.717) is 11.8 Å². The number of benzene rings is 1. The van der Waals surface area contributed by atoms with Gasteiger partial charge in [-0.3, -0.25) is 0 Å². The summed E-state index contributed by atoms with van der Waals surface area (Å²) in [4.78, 5) is 14.0. The van der Waals surface area contributed by atoms with Crippen molar-refractivity contribution in [3.05, 3.63) is 41.2 Å². The molecule has 1 aromatic carbocycles. The molecule has 0 unspecified atom stereocenters. The molecule has 0 saturated carbocycles. The fourth-order valence-electron chi connectivity index (χ4n) is 2.98. The molecule has 0 spiro atoms. The summed E-state index contributed by atoms with van der Waals surface area (Å²) in [6.45, 7) is 1.48. The smallest absolute Gasteiger partial charge is 0.321 e. The van der Waals surface area contributed by atoms with Gasteiger partial charge in [0.15, 0.2) is 5.82 Å². The Balaban J connectivity index is 1.67. The van der Waals surface area contributed by atoms with E-state index in [1.165, 1.54) is 12.1 Å². The van der Waals surface area contributed by atoms with Crippen LogP contribution in [0.3, 0.4) is 0 Å². The number of nitrogens with zero attached hydrogens (tertiary/aromatic N) is 1. The summed E-state index contributed by atoms with van der Waals surface area (Å²) in [7, 11) is 0. The average molecular weight is 295 g/mol. The number of amides is 2. The van der Waals surface area contributed by atoms with Crippen molar-refractivity contribution in [1.29, 1.82) is 0 Å². The molecule has 1 saturated heterocycles. The van der Waals surface area contributed by atoms with Crippen molar-refractivity contribution in [2.45, 2.75) is 12.8 Å². The zero-order valence-corrected chi connectivity index (χ0v) is 11.7. The number of nitrogens with one attached hydrogen (secondary N) is 1. The highest BCUT2D eigenvalue weighted by Crippen LogP contribution is 2.33. The fraction of sp³-hybridized carbons (Fsp3) is 0.400. The van der Waals surface area contributed by atoms with Crippen LogP contribution in [-0.4, -0.2) is 24.0 Å². The maximum Gasteiger partial charge on any atom is 0.321 e. The molecule has 0 bridgehead atoms. The number of halogens is 2. The summed E-state index contributed by atoms with van der Waals surface area (Å²) in [6.07, 6.45) is 6.42. The molecule has 20 heavy (non-hydrogen) atoms. The lowest BCUT2D eigenvalue weighted by molar-refractivity contribution is 0.220. The summed E-state index contributed by atoms with van der Waals surface area (Å²) in [5.74, 6) is 0.491. The monoisotopic (exact) mass is 294 g/mol. The molecule has 1 fully saturated rings. The van der Waals surface area contributed by atoms with E-state index >= 15 is 0 Å². The molecule has 5 heteroatoms. The molecule has 0 aromatic heterocycles. The molecule has 1 aliphatic carbocycles. The molecular weight excluding hydrogens is 279 g/mol. The van der Waals surface area contributed by atoms with Crippen LogP contribution in [0.15, 0.2) is 30.4 Å². The fourth-order valence-corrected chi connectivity index (χ4v) is 3.15. The second-order valence-corrected chi connectivity index (χ2v) is 5.81. The van der Waals surface area contributed by atoms with Crippen LogP contribution in [0.5, 0.6) is 0 Å². The Bertz CT molecular complexity index is 545. The minimum absolute atomic E-state index is 0.0158. The van der Waals surface area contributed by atoms with Gasteiger partial charge in [-0.1, -0.05) is 29.8 Å². The van der Waals surface area contributed by atoms with Crippen molar-refractivity contribution in [3.8, 4) is 0 Å². The molecular formula is C15H16ClFN2O. The van der Waals surface area contributed by atoms with Gasteiger partial charge >= 0.3 is 6.03 Å². The summed E-state index contributed by atoms with van der Waals surface area (Å²) in [5.41, 5.74) is 0.135. The van der Waals surface area contributed by atoms with Crippen molar-refractivity contribution in [3.63, 3.8) is 0 Å². The number of urea groups is 1. The number of hydrogen-bond donors (Lipinski definition) is 1. The first-order valence-corrected chi connectivity index (χ1v) is 7.18. The maximum absolute atomic E-state index is 13.8. The molecule has 2 atom stereocenters. The number of hydrogen-bond acceptors (Lipinski definition) is 1. The van der Waals surface area contributed by atoms with Crippen LogP contribution >= 0.6 is 11.6 Å². The van der Waals surface area contributed by atoms with Crippen LogP contribution in [0.1, 0.15) is 12.8 Å². The molecule has 0 radical (unpaired) electrons. The van der Waals surface area contributed by atoms with E-state index in [-0.39, 0.29) is 16.7 Å². The lowest BCUT2D eigenvalue weighted by atomic mass is 9.86. The Morgan fingerprint density at radius 2 is 1.90 bits per heavy atom. The Labute approximate surface area is 122 Å². The second kappa shape index (κ2) is 5.44. The molecule has 1 N–H and O–H groups in total. The van der Waals surface area contributed by atoms with Gasteiger partial charge in [-0.05, 0) is 36.8 Å². The molecule has 1 aliphatic heterocycles. The standard InChI is InChI=1S/C15H16ClFN2O/c16-12-6-3-7-13(14(12)17)18-15(20)19-8-10-4-1-2-5-11(10)9-19/h1-3,6-7,10-11H,4-5,8-9H2,(H,18,20)/t10-,11+.